The number of carbonyl (C=O) groups is 4. The minimum absolute atomic E-state index is 0.0187. The molecule has 35 heavy (non-hydrogen) atoms. The Labute approximate surface area is 209 Å². The first-order valence-corrected chi connectivity index (χ1v) is 12.7. The van der Waals surface area contributed by atoms with E-state index in [-0.39, 0.29) is 24.5 Å². The molecule has 0 bridgehead atoms. The van der Waals surface area contributed by atoms with Gasteiger partial charge in [0, 0.05) is 6.42 Å². The van der Waals surface area contributed by atoms with Crippen LogP contribution in [-0.2, 0) is 25.6 Å². The van der Waals surface area contributed by atoms with Gasteiger partial charge in [-0.15, -0.1) is 0 Å². The summed E-state index contributed by atoms with van der Waals surface area (Å²) < 4.78 is 0. The zero-order valence-electron chi connectivity index (χ0n) is 20.2. The molecule has 0 heterocycles. The van der Waals surface area contributed by atoms with Crippen LogP contribution in [-0.4, -0.2) is 81.8 Å². The molecule has 1 rings (SSSR count). The van der Waals surface area contributed by atoms with E-state index < -0.39 is 54.5 Å². The Hall–Kier alpha value is -2.83. The zero-order valence-corrected chi connectivity index (χ0v) is 21.0. The monoisotopic (exact) mass is 512 g/mol. The molecule has 0 saturated heterocycles. The van der Waals surface area contributed by atoms with Crippen LogP contribution in [0, 0.1) is 5.92 Å². The Bertz CT molecular complexity index is 853. The summed E-state index contributed by atoms with van der Waals surface area (Å²) in [5.74, 6) is -2.96. The number of benzene rings is 1. The van der Waals surface area contributed by atoms with Crippen LogP contribution in [0.25, 0.3) is 0 Å². The first kappa shape index (κ1) is 30.2. The molecule has 5 atom stereocenters. The maximum Gasteiger partial charge on any atom is 0.326 e. The summed E-state index contributed by atoms with van der Waals surface area (Å²) in [7, 11) is 0. The molecular formula is C23H36N4O7S. The van der Waals surface area contributed by atoms with Crippen molar-refractivity contribution in [2.75, 3.05) is 18.6 Å². The molecule has 0 radical (unpaired) electrons. The first-order valence-electron chi connectivity index (χ1n) is 11.3. The Kier molecular flexibility index (Phi) is 13.1. The van der Waals surface area contributed by atoms with Gasteiger partial charge in [0.15, 0.2) is 0 Å². The van der Waals surface area contributed by atoms with Crippen LogP contribution < -0.4 is 21.7 Å². The van der Waals surface area contributed by atoms with Crippen molar-refractivity contribution in [3.63, 3.8) is 0 Å². The lowest BCUT2D eigenvalue weighted by Gasteiger charge is -2.27. The molecule has 196 valence electrons. The van der Waals surface area contributed by atoms with E-state index in [1.54, 1.807) is 19.1 Å². The molecule has 1 aromatic carbocycles. The van der Waals surface area contributed by atoms with Crippen molar-refractivity contribution in [3.05, 3.63) is 29.8 Å². The number of aromatic hydroxyl groups is 1. The molecular weight excluding hydrogens is 476 g/mol. The van der Waals surface area contributed by atoms with E-state index in [9.17, 15) is 29.4 Å². The number of carboxylic acid groups (broad SMARTS) is 1. The molecule has 0 aliphatic rings. The number of aliphatic hydroxyl groups is 1. The van der Waals surface area contributed by atoms with Gasteiger partial charge in [0.1, 0.15) is 29.9 Å². The molecule has 3 amide bonds. The van der Waals surface area contributed by atoms with Gasteiger partial charge in [-0.3, -0.25) is 14.4 Å². The van der Waals surface area contributed by atoms with Crippen molar-refractivity contribution >= 4 is 35.5 Å². The van der Waals surface area contributed by atoms with Crippen molar-refractivity contribution in [3.8, 4) is 5.75 Å². The van der Waals surface area contributed by atoms with E-state index in [0.717, 1.165) is 0 Å². The number of nitrogens with two attached hydrogens (primary N) is 1. The number of carbonyl (C=O) groups excluding carboxylic acids is 3. The molecule has 0 aliphatic heterocycles. The molecule has 0 aromatic heterocycles. The van der Waals surface area contributed by atoms with E-state index in [1.165, 1.54) is 23.9 Å². The van der Waals surface area contributed by atoms with Crippen molar-refractivity contribution < 1.29 is 34.5 Å². The highest BCUT2D eigenvalue weighted by molar-refractivity contribution is 7.98. The molecule has 0 aliphatic carbocycles. The summed E-state index contributed by atoms with van der Waals surface area (Å²) in [6.45, 7) is 3.00. The van der Waals surface area contributed by atoms with Crippen LogP contribution >= 0.6 is 11.8 Å². The standard InChI is InChI=1S/C23H36N4O7S/c1-4-13(2)19(27-20(30)16(24)12-28)22(32)25-17(9-10-35-3)21(31)26-18(23(33)34)11-14-5-7-15(29)8-6-14/h5-8,13,16-19,28-29H,4,9-12,24H2,1-3H3,(H,25,32)(H,26,31)(H,27,30)(H,33,34). The third-order valence-electron chi connectivity index (χ3n) is 5.56. The number of hydrogen-bond donors (Lipinski definition) is 7. The fraction of sp³-hybridized carbons (Fsp3) is 0.565. The van der Waals surface area contributed by atoms with Crippen molar-refractivity contribution in [1.82, 2.24) is 16.0 Å². The van der Waals surface area contributed by atoms with Crippen LogP contribution in [0.15, 0.2) is 24.3 Å². The number of carboxylic acids is 1. The second kappa shape index (κ2) is 15.2. The van der Waals surface area contributed by atoms with Gasteiger partial charge in [-0.2, -0.15) is 11.8 Å². The number of aliphatic hydroxyl groups excluding tert-OH is 1. The molecule has 0 spiro atoms. The minimum Gasteiger partial charge on any atom is -0.508 e. The molecule has 12 heteroatoms. The van der Waals surface area contributed by atoms with E-state index in [1.807, 2.05) is 13.2 Å². The first-order chi connectivity index (χ1) is 16.5. The van der Waals surface area contributed by atoms with Crippen LogP contribution in [0.5, 0.6) is 5.75 Å². The molecule has 5 unspecified atom stereocenters. The fourth-order valence-corrected chi connectivity index (χ4v) is 3.62. The van der Waals surface area contributed by atoms with Gasteiger partial charge < -0.3 is 37.0 Å². The predicted octanol–water partition coefficient (Wildman–Crippen LogP) is -0.407. The minimum atomic E-state index is -1.26. The Morgan fingerprint density at radius 3 is 2.11 bits per heavy atom. The van der Waals surface area contributed by atoms with Gasteiger partial charge in [0.2, 0.25) is 17.7 Å². The van der Waals surface area contributed by atoms with Crippen LogP contribution in [0.1, 0.15) is 32.3 Å². The lowest BCUT2D eigenvalue weighted by molar-refractivity contribution is -0.142. The van der Waals surface area contributed by atoms with Crippen LogP contribution in [0.2, 0.25) is 0 Å². The topological polar surface area (TPSA) is 191 Å². The van der Waals surface area contributed by atoms with E-state index in [4.69, 9.17) is 10.8 Å². The third kappa shape index (κ3) is 10.1. The highest BCUT2D eigenvalue weighted by atomic mass is 32.2. The van der Waals surface area contributed by atoms with E-state index in [0.29, 0.717) is 17.7 Å². The van der Waals surface area contributed by atoms with Gasteiger partial charge >= 0.3 is 5.97 Å². The van der Waals surface area contributed by atoms with Crippen molar-refractivity contribution in [2.24, 2.45) is 11.7 Å². The summed E-state index contributed by atoms with van der Waals surface area (Å²) in [4.78, 5) is 50.0. The quantitative estimate of drug-likeness (QED) is 0.164. The van der Waals surface area contributed by atoms with Crippen LogP contribution in [0.4, 0.5) is 0 Å². The van der Waals surface area contributed by atoms with Crippen molar-refractivity contribution in [1.29, 1.82) is 0 Å². The maximum absolute atomic E-state index is 13.1. The number of thioether (sulfide) groups is 1. The Balaban J connectivity index is 3.00. The largest absolute Gasteiger partial charge is 0.508 e. The zero-order chi connectivity index (χ0) is 26.5. The average Bonchev–Trinajstić information content (AvgIpc) is 2.84. The summed E-state index contributed by atoms with van der Waals surface area (Å²) in [5.41, 5.74) is 6.14. The highest BCUT2D eigenvalue weighted by Gasteiger charge is 2.32. The molecule has 11 nitrogen and oxygen atoms in total. The third-order valence-corrected chi connectivity index (χ3v) is 6.21. The number of phenols is 1. The number of amides is 3. The molecule has 0 fully saturated rings. The molecule has 8 N–H and O–H groups in total. The predicted molar refractivity (Wildman–Crippen MR) is 133 cm³/mol. The fourth-order valence-electron chi connectivity index (χ4n) is 3.15. The molecule has 0 saturated carbocycles. The number of rotatable bonds is 15. The number of aliphatic carboxylic acids is 1. The van der Waals surface area contributed by atoms with Crippen LogP contribution in [0.3, 0.4) is 0 Å². The molecule has 1 aromatic rings. The average molecular weight is 513 g/mol. The summed E-state index contributed by atoms with van der Waals surface area (Å²) in [6.07, 6.45) is 2.60. The normalized spacial score (nSPS) is 15.2. The lowest BCUT2D eigenvalue weighted by atomic mass is 9.97. The second-order valence-corrected chi connectivity index (χ2v) is 9.26. The Morgan fingerprint density at radius 2 is 1.60 bits per heavy atom. The number of hydrogen-bond acceptors (Lipinski definition) is 8. The van der Waals surface area contributed by atoms with Crippen molar-refractivity contribution in [2.45, 2.75) is 57.3 Å². The number of phenolic OH excluding ortho intramolecular Hbond substituents is 1. The lowest BCUT2D eigenvalue weighted by Crippen LogP contribution is -2.59. The van der Waals surface area contributed by atoms with E-state index >= 15 is 0 Å². The second-order valence-electron chi connectivity index (χ2n) is 8.27. The van der Waals surface area contributed by atoms with Gasteiger partial charge in [0.25, 0.3) is 0 Å². The Morgan fingerprint density at radius 1 is 1.00 bits per heavy atom. The number of nitrogens with one attached hydrogen (secondary N) is 3. The van der Waals surface area contributed by atoms with Gasteiger partial charge in [0.05, 0.1) is 6.61 Å². The van der Waals surface area contributed by atoms with Gasteiger partial charge in [-0.05, 0) is 42.0 Å². The summed E-state index contributed by atoms with van der Waals surface area (Å²) >= 11 is 1.45. The SMILES string of the molecule is CCC(C)C(NC(=O)C(N)CO)C(=O)NC(CCSC)C(=O)NC(Cc1ccc(O)cc1)C(=O)O. The summed E-state index contributed by atoms with van der Waals surface area (Å²) in [6, 6.07) is 1.47. The highest BCUT2D eigenvalue weighted by Crippen LogP contribution is 2.13. The van der Waals surface area contributed by atoms with Gasteiger partial charge in [-0.1, -0.05) is 32.4 Å². The maximum atomic E-state index is 13.1. The summed E-state index contributed by atoms with van der Waals surface area (Å²) in [5, 5.41) is 35.8. The van der Waals surface area contributed by atoms with E-state index in [2.05, 4.69) is 16.0 Å². The smallest absolute Gasteiger partial charge is 0.326 e. The van der Waals surface area contributed by atoms with Gasteiger partial charge in [-0.25, -0.2) is 4.79 Å².